The van der Waals surface area contributed by atoms with Gasteiger partial charge in [0.2, 0.25) is 0 Å². The molecule has 2 heterocycles. The van der Waals surface area contributed by atoms with Crippen LogP contribution in [0.2, 0.25) is 0 Å². The maximum Gasteiger partial charge on any atom is 0.256 e. The largest absolute Gasteiger partial charge is 0.366 e. The number of rotatable bonds is 4. The molecule has 1 aromatic carbocycles. The second-order valence-electron chi connectivity index (χ2n) is 4.81. The van der Waals surface area contributed by atoms with Gasteiger partial charge in [0.15, 0.2) is 0 Å². The molecular weight excluding hydrogens is 314 g/mol. The van der Waals surface area contributed by atoms with Gasteiger partial charge in [-0.2, -0.15) is 0 Å². The van der Waals surface area contributed by atoms with Crippen LogP contribution in [0.1, 0.15) is 25.6 Å². The van der Waals surface area contributed by atoms with Crippen molar-refractivity contribution in [1.82, 2.24) is 15.0 Å². The summed E-state index contributed by atoms with van der Waals surface area (Å²) in [6.45, 7) is 1.85. The monoisotopic (exact) mass is 327 g/mol. The number of benzene rings is 1. The van der Waals surface area contributed by atoms with Crippen LogP contribution in [0, 0.1) is 6.92 Å². The number of carbonyl (C=O) groups is 2. The maximum absolute atomic E-state index is 12.3. The average Bonchev–Trinajstić information content (AvgIpc) is 3.17. The standard InChI is InChI=1S/C15H13N5O2S/c1-9-8-12(13(16)21)15(23-9)18-14(22)10-2-4-11(5-3-10)20-7-6-17-19-20/h2-8H,1H3,(H2,16,21)(H,18,22). The minimum Gasteiger partial charge on any atom is -0.366 e. The highest BCUT2D eigenvalue weighted by Crippen LogP contribution is 2.27. The summed E-state index contributed by atoms with van der Waals surface area (Å²) >= 11 is 1.31. The van der Waals surface area contributed by atoms with Gasteiger partial charge >= 0.3 is 0 Å². The molecule has 0 atom stereocenters. The molecule has 0 bridgehead atoms. The molecule has 23 heavy (non-hydrogen) atoms. The second kappa shape index (κ2) is 6.01. The number of nitrogens with one attached hydrogen (secondary N) is 1. The van der Waals surface area contributed by atoms with E-state index in [9.17, 15) is 9.59 Å². The number of anilines is 1. The van der Waals surface area contributed by atoms with Crippen LogP contribution in [0.4, 0.5) is 5.00 Å². The first-order valence-electron chi connectivity index (χ1n) is 6.73. The minimum atomic E-state index is -0.564. The van der Waals surface area contributed by atoms with Crippen molar-refractivity contribution >= 4 is 28.2 Å². The van der Waals surface area contributed by atoms with Gasteiger partial charge in [-0.3, -0.25) is 9.59 Å². The Morgan fingerprint density at radius 1 is 1.26 bits per heavy atom. The first kappa shape index (κ1) is 14.9. The number of aromatic nitrogens is 3. The van der Waals surface area contributed by atoms with E-state index in [-0.39, 0.29) is 5.91 Å². The Kier molecular flexibility index (Phi) is 3.90. The number of nitrogens with two attached hydrogens (primary N) is 1. The van der Waals surface area contributed by atoms with Crippen LogP contribution in [-0.4, -0.2) is 26.8 Å². The van der Waals surface area contributed by atoms with Gasteiger partial charge in [-0.15, -0.1) is 16.4 Å². The van der Waals surface area contributed by atoms with Gasteiger partial charge in [0.1, 0.15) is 5.00 Å². The molecule has 2 amide bonds. The number of aryl methyl sites for hydroxylation is 1. The number of nitrogens with zero attached hydrogens (tertiary/aromatic N) is 3. The normalized spacial score (nSPS) is 10.5. The van der Waals surface area contributed by atoms with E-state index in [4.69, 9.17) is 5.73 Å². The summed E-state index contributed by atoms with van der Waals surface area (Å²) in [7, 11) is 0. The first-order valence-corrected chi connectivity index (χ1v) is 7.54. The van der Waals surface area contributed by atoms with E-state index in [1.807, 2.05) is 6.92 Å². The van der Waals surface area contributed by atoms with Crippen LogP contribution in [0.15, 0.2) is 42.7 Å². The van der Waals surface area contributed by atoms with E-state index in [2.05, 4.69) is 15.6 Å². The molecule has 0 fully saturated rings. The highest BCUT2D eigenvalue weighted by molar-refractivity contribution is 7.16. The molecule has 3 aromatic rings. The molecule has 0 saturated carbocycles. The number of carbonyl (C=O) groups excluding carboxylic acids is 2. The van der Waals surface area contributed by atoms with Crippen molar-refractivity contribution < 1.29 is 9.59 Å². The van der Waals surface area contributed by atoms with Crippen molar-refractivity contribution in [3.63, 3.8) is 0 Å². The van der Waals surface area contributed by atoms with Gasteiger partial charge in [0.05, 0.1) is 23.6 Å². The summed E-state index contributed by atoms with van der Waals surface area (Å²) in [5.74, 6) is -0.870. The van der Waals surface area contributed by atoms with Gasteiger partial charge in [-0.25, -0.2) is 4.68 Å². The van der Waals surface area contributed by atoms with Crippen LogP contribution in [0.5, 0.6) is 0 Å². The Balaban J connectivity index is 1.80. The van der Waals surface area contributed by atoms with Crippen LogP contribution in [0.3, 0.4) is 0 Å². The second-order valence-corrected chi connectivity index (χ2v) is 6.07. The molecule has 0 radical (unpaired) electrons. The molecule has 3 rings (SSSR count). The number of hydrogen-bond acceptors (Lipinski definition) is 5. The summed E-state index contributed by atoms with van der Waals surface area (Å²) in [5, 5.41) is 10.8. The van der Waals surface area contributed by atoms with E-state index in [1.54, 1.807) is 47.4 Å². The van der Waals surface area contributed by atoms with Crippen LogP contribution in [-0.2, 0) is 0 Å². The number of hydrogen-bond donors (Lipinski definition) is 2. The van der Waals surface area contributed by atoms with Gasteiger partial charge in [-0.05, 0) is 37.3 Å². The third kappa shape index (κ3) is 3.11. The lowest BCUT2D eigenvalue weighted by Crippen LogP contribution is -2.16. The van der Waals surface area contributed by atoms with Gasteiger partial charge in [0.25, 0.3) is 11.8 Å². The predicted molar refractivity (Wildman–Crippen MR) is 86.9 cm³/mol. The molecule has 0 saturated heterocycles. The topological polar surface area (TPSA) is 103 Å². The number of amides is 2. The van der Waals surface area contributed by atoms with E-state index in [0.717, 1.165) is 10.6 Å². The highest BCUT2D eigenvalue weighted by atomic mass is 32.1. The van der Waals surface area contributed by atoms with E-state index < -0.39 is 5.91 Å². The van der Waals surface area contributed by atoms with E-state index >= 15 is 0 Å². The summed E-state index contributed by atoms with van der Waals surface area (Å²) in [6.07, 6.45) is 3.29. The molecule has 8 heteroatoms. The molecule has 0 aliphatic carbocycles. The maximum atomic E-state index is 12.3. The van der Waals surface area contributed by atoms with Crippen molar-refractivity contribution in [3.05, 3.63) is 58.7 Å². The van der Waals surface area contributed by atoms with Crippen molar-refractivity contribution in [2.24, 2.45) is 5.73 Å². The van der Waals surface area contributed by atoms with Crippen molar-refractivity contribution in [2.45, 2.75) is 6.92 Å². The molecule has 3 N–H and O–H groups in total. The fourth-order valence-corrected chi connectivity index (χ4v) is 2.99. The SMILES string of the molecule is Cc1cc(C(N)=O)c(NC(=O)c2ccc(-n3ccnn3)cc2)s1. The summed E-state index contributed by atoms with van der Waals surface area (Å²) in [5.41, 5.74) is 6.90. The quantitative estimate of drug-likeness (QED) is 0.765. The molecule has 0 aliphatic heterocycles. The molecule has 7 nitrogen and oxygen atoms in total. The van der Waals surface area contributed by atoms with Crippen LogP contribution in [0.25, 0.3) is 5.69 Å². The third-order valence-corrected chi connectivity index (χ3v) is 4.13. The number of thiophene rings is 1. The van der Waals surface area contributed by atoms with Gasteiger partial charge < -0.3 is 11.1 Å². The third-order valence-electron chi connectivity index (χ3n) is 3.16. The highest BCUT2D eigenvalue weighted by Gasteiger charge is 2.15. The van der Waals surface area contributed by atoms with Crippen molar-refractivity contribution in [2.75, 3.05) is 5.32 Å². The zero-order valence-corrected chi connectivity index (χ0v) is 13.0. The average molecular weight is 327 g/mol. The lowest BCUT2D eigenvalue weighted by Gasteiger charge is -2.06. The summed E-state index contributed by atoms with van der Waals surface area (Å²) in [6, 6.07) is 8.54. The summed E-state index contributed by atoms with van der Waals surface area (Å²) in [4.78, 5) is 24.6. The van der Waals surface area contributed by atoms with Gasteiger partial charge in [0, 0.05) is 10.4 Å². The van der Waals surface area contributed by atoms with E-state index in [0.29, 0.717) is 16.1 Å². The molecule has 0 aliphatic rings. The van der Waals surface area contributed by atoms with Crippen LogP contribution < -0.4 is 11.1 Å². The Labute approximate surface area is 135 Å². The molecule has 0 spiro atoms. The van der Waals surface area contributed by atoms with Crippen molar-refractivity contribution in [3.8, 4) is 5.69 Å². The molecule has 116 valence electrons. The van der Waals surface area contributed by atoms with Crippen molar-refractivity contribution in [1.29, 1.82) is 0 Å². The molecular formula is C15H13N5O2S. The Hall–Kier alpha value is -3.00. The lowest BCUT2D eigenvalue weighted by molar-refractivity contribution is 0.100. The Morgan fingerprint density at radius 2 is 2.00 bits per heavy atom. The zero-order chi connectivity index (χ0) is 16.4. The molecule has 2 aromatic heterocycles. The first-order chi connectivity index (χ1) is 11.0. The fraction of sp³-hybridized carbons (Fsp3) is 0.0667. The Bertz CT molecular complexity index is 853. The zero-order valence-electron chi connectivity index (χ0n) is 12.2. The minimum absolute atomic E-state index is 0.306. The Morgan fingerprint density at radius 3 is 2.61 bits per heavy atom. The predicted octanol–water partition coefficient (Wildman–Crippen LogP) is 1.99. The smallest absolute Gasteiger partial charge is 0.256 e. The van der Waals surface area contributed by atoms with E-state index in [1.165, 1.54) is 11.3 Å². The number of primary amides is 1. The van der Waals surface area contributed by atoms with Crippen LogP contribution >= 0.6 is 11.3 Å². The lowest BCUT2D eigenvalue weighted by atomic mass is 10.2. The summed E-state index contributed by atoms with van der Waals surface area (Å²) < 4.78 is 1.59. The molecule has 0 unspecified atom stereocenters. The van der Waals surface area contributed by atoms with Gasteiger partial charge in [-0.1, -0.05) is 5.21 Å². The fourth-order valence-electron chi connectivity index (χ4n) is 2.08.